The molecule has 1 amide bonds. The maximum atomic E-state index is 12.6. The standard InChI is InChI=1S/C19H29NO5/c1-17(2,20-15(21)11-5-7-18(3)13(9-11)23-18)25-16(22)12-6-8-19(4)14(10-12)24-19/h11-14H,5-10H2,1-4H3,(H,20,21). The first-order valence-electron chi connectivity index (χ1n) is 9.51. The number of carbonyl (C=O) groups excluding carboxylic acids is 2. The average molecular weight is 351 g/mol. The van der Waals surface area contributed by atoms with E-state index in [0.29, 0.717) is 0 Å². The van der Waals surface area contributed by atoms with E-state index in [-0.39, 0.29) is 47.1 Å². The van der Waals surface area contributed by atoms with E-state index in [1.807, 2.05) is 0 Å². The summed E-state index contributed by atoms with van der Waals surface area (Å²) in [6.07, 6.45) is 5.29. The minimum absolute atomic E-state index is 0.000867. The number of ether oxygens (including phenoxy) is 3. The van der Waals surface area contributed by atoms with Crippen LogP contribution in [0.1, 0.15) is 66.2 Å². The number of rotatable bonds is 4. The van der Waals surface area contributed by atoms with Gasteiger partial charge in [-0.1, -0.05) is 0 Å². The summed E-state index contributed by atoms with van der Waals surface area (Å²) in [7, 11) is 0. The van der Waals surface area contributed by atoms with E-state index in [0.717, 1.165) is 38.5 Å². The van der Waals surface area contributed by atoms with Gasteiger partial charge in [-0.15, -0.1) is 0 Å². The molecule has 4 fully saturated rings. The van der Waals surface area contributed by atoms with Crippen LogP contribution < -0.4 is 5.32 Å². The molecule has 6 heteroatoms. The van der Waals surface area contributed by atoms with E-state index in [1.54, 1.807) is 13.8 Å². The summed E-state index contributed by atoms with van der Waals surface area (Å²) >= 11 is 0. The number of hydrogen-bond acceptors (Lipinski definition) is 5. The van der Waals surface area contributed by atoms with Gasteiger partial charge in [-0.25, -0.2) is 0 Å². The maximum Gasteiger partial charge on any atom is 0.311 e. The highest BCUT2D eigenvalue weighted by atomic mass is 16.6. The third-order valence-corrected chi connectivity index (χ3v) is 6.53. The molecule has 4 aliphatic rings. The Morgan fingerprint density at radius 3 is 2.08 bits per heavy atom. The Labute approximate surface area is 148 Å². The highest BCUT2D eigenvalue weighted by molar-refractivity contribution is 5.80. The lowest BCUT2D eigenvalue weighted by atomic mass is 9.82. The molecule has 2 saturated heterocycles. The molecule has 2 aliphatic heterocycles. The topological polar surface area (TPSA) is 80.5 Å². The van der Waals surface area contributed by atoms with Crippen LogP contribution in [0.25, 0.3) is 0 Å². The number of hydrogen-bond donors (Lipinski definition) is 1. The van der Waals surface area contributed by atoms with Gasteiger partial charge in [0, 0.05) is 5.92 Å². The Morgan fingerprint density at radius 2 is 1.52 bits per heavy atom. The van der Waals surface area contributed by atoms with Gasteiger partial charge >= 0.3 is 5.97 Å². The van der Waals surface area contributed by atoms with Crippen molar-refractivity contribution < 1.29 is 23.8 Å². The molecule has 140 valence electrons. The van der Waals surface area contributed by atoms with Crippen molar-refractivity contribution in [3.63, 3.8) is 0 Å². The highest BCUT2D eigenvalue weighted by Gasteiger charge is 2.57. The Balaban J connectivity index is 1.28. The molecular weight excluding hydrogens is 322 g/mol. The van der Waals surface area contributed by atoms with Crippen molar-refractivity contribution in [3.05, 3.63) is 0 Å². The van der Waals surface area contributed by atoms with Crippen molar-refractivity contribution in [2.75, 3.05) is 0 Å². The van der Waals surface area contributed by atoms with Gasteiger partial charge in [0.05, 0.1) is 29.3 Å². The number of amides is 1. The fourth-order valence-corrected chi connectivity index (χ4v) is 4.50. The maximum absolute atomic E-state index is 12.6. The summed E-state index contributed by atoms with van der Waals surface area (Å²) in [5.41, 5.74) is -1.01. The second-order valence-corrected chi connectivity index (χ2v) is 9.20. The number of fused-ring (bicyclic) bond motifs is 2. The smallest absolute Gasteiger partial charge is 0.311 e. The molecule has 0 radical (unpaired) electrons. The molecular formula is C19H29NO5. The first-order chi connectivity index (χ1) is 11.6. The van der Waals surface area contributed by atoms with Crippen LogP contribution in [0.2, 0.25) is 0 Å². The van der Waals surface area contributed by atoms with Crippen molar-refractivity contribution in [2.24, 2.45) is 11.8 Å². The fourth-order valence-electron chi connectivity index (χ4n) is 4.50. The van der Waals surface area contributed by atoms with Gasteiger partial charge in [-0.2, -0.15) is 0 Å². The lowest BCUT2D eigenvalue weighted by Crippen LogP contribution is -2.50. The summed E-state index contributed by atoms with van der Waals surface area (Å²) in [6, 6.07) is 0. The lowest BCUT2D eigenvalue weighted by Gasteiger charge is -2.32. The van der Waals surface area contributed by atoms with Gasteiger partial charge < -0.3 is 19.5 Å². The van der Waals surface area contributed by atoms with Crippen molar-refractivity contribution in [1.82, 2.24) is 5.32 Å². The second-order valence-electron chi connectivity index (χ2n) is 9.20. The zero-order valence-electron chi connectivity index (χ0n) is 15.6. The van der Waals surface area contributed by atoms with Crippen LogP contribution in [0.4, 0.5) is 0 Å². The van der Waals surface area contributed by atoms with E-state index >= 15 is 0 Å². The molecule has 0 bridgehead atoms. The Kier molecular flexibility index (Phi) is 3.75. The summed E-state index contributed by atoms with van der Waals surface area (Å²) in [5, 5.41) is 2.91. The molecule has 0 aromatic carbocycles. The van der Waals surface area contributed by atoms with E-state index in [1.165, 1.54) is 0 Å². The predicted octanol–water partition coefficient (Wildman–Crippen LogP) is 2.30. The van der Waals surface area contributed by atoms with E-state index in [9.17, 15) is 9.59 Å². The molecule has 2 heterocycles. The van der Waals surface area contributed by atoms with Gasteiger partial charge in [0.1, 0.15) is 0 Å². The van der Waals surface area contributed by atoms with Crippen LogP contribution in [-0.4, -0.2) is 41.0 Å². The van der Waals surface area contributed by atoms with Crippen molar-refractivity contribution in [1.29, 1.82) is 0 Å². The van der Waals surface area contributed by atoms with E-state index in [4.69, 9.17) is 14.2 Å². The van der Waals surface area contributed by atoms with E-state index in [2.05, 4.69) is 19.2 Å². The fraction of sp³-hybridized carbons (Fsp3) is 0.895. The Morgan fingerprint density at radius 1 is 1.00 bits per heavy atom. The number of esters is 1. The van der Waals surface area contributed by atoms with Crippen LogP contribution >= 0.6 is 0 Å². The molecule has 6 unspecified atom stereocenters. The quantitative estimate of drug-likeness (QED) is 0.477. The third kappa shape index (κ3) is 3.31. The second kappa shape index (κ2) is 5.43. The molecule has 0 spiro atoms. The van der Waals surface area contributed by atoms with Crippen molar-refractivity contribution in [3.8, 4) is 0 Å². The molecule has 1 N–H and O–H groups in total. The third-order valence-electron chi connectivity index (χ3n) is 6.53. The number of nitrogens with one attached hydrogen (secondary N) is 1. The monoisotopic (exact) mass is 351 g/mol. The van der Waals surface area contributed by atoms with Crippen LogP contribution in [0.3, 0.4) is 0 Å². The largest absolute Gasteiger partial charge is 0.439 e. The van der Waals surface area contributed by atoms with Crippen LogP contribution in [0, 0.1) is 11.8 Å². The van der Waals surface area contributed by atoms with Crippen LogP contribution in [0.5, 0.6) is 0 Å². The molecule has 25 heavy (non-hydrogen) atoms. The van der Waals surface area contributed by atoms with Gasteiger partial charge in [-0.3, -0.25) is 9.59 Å². The minimum Gasteiger partial charge on any atom is -0.439 e. The predicted molar refractivity (Wildman–Crippen MR) is 89.6 cm³/mol. The van der Waals surface area contributed by atoms with Gasteiger partial charge in [0.15, 0.2) is 5.72 Å². The highest BCUT2D eigenvalue weighted by Crippen LogP contribution is 2.50. The lowest BCUT2D eigenvalue weighted by molar-refractivity contribution is -0.167. The van der Waals surface area contributed by atoms with Crippen LogP contribution in [0.15, 0.2) is 0 Å². The zero-order chi connectivity index (χ0) is 18.0. The molecule has 6 atom stereocenters. The molecule has 2 aliphatic carbocycles. The molecule has 4 rings (SSSR count). The summed E-state index contributed by atoms with van der Waals surface area (Å²) < 4.78 is 17.0. The average Bonchev–Trinajstić information content (AvgIpc) is 3.37. The first kappa shape index (κ1) is 17.3. The number of carbonyl (C=O) groups is 2. The Bertz CT molecular complexity index is 555. The molecule has 0 aromatic rings. The van der Waals surface area contributed by atoms with E-state index < -0.39 is 5.72 Å². The zero-order valence-corrected chi connectivity index (χ0v) is 15.6. The summed E-state index contributed by atoms with van der Waals surface area (Å²) in [5.74, 6) is -0.470. The molecule has 2 saturated carbocycles. The van der Waals surface area contributed by atoms with Gasteiger partial charge in [0.25, 0.3) is 0 Å². The normalized spacial score (nSPS) is 45.0. The first-order valence-corrected chi connectivity index (χ1v) is 9.51. The van der Waals surface area contributed by atoms with Crippen molar-refractivity contribution >= 4 is 11.9 Å². The summed E-state index contributed by atoms with van der Waals surface area (Å²) in [6.45, 7) is 7.69. The minimum atomic E-state index is -0.996. The van der Waals surface area contributed by atoms with Gasteiger partial charge in [-0.05, 0) is 66.2 Å². The van der Waals surface area contributed by atoms with Crippen LogP contribution in [-0.2, 0) is 23.8 Å². The number of epoxide rings is 2. The molecule has 0 aromatic heterocycles. The van der Waals surface area contributed by atoms with Crippen molar-refractivity contribution in [2.45, 2.75) is 95.4 Å². The summed E-state index contributed by atoms with van der Waals surface area (Å²) in [4.78, 5) is 25.1. The SMILES string of the molecule is CC(C)(NC(=O)C1CCC2(C)OC2C1)OC(=O)C1CCC2(C)OC2C1. The Hall–Kier alpha value is -1.14. The molecule has 6 nitrogen and oxygen atoms in total. The van der Waals surface area contributed by atoms with Gasteiger partial charge in [0.2, 0.25) is 5.91 Å².